The summed E-state index contributed by atoms with van der Waals surface area (Å²) in [6.45, 7) is 4.45. The summed E-state index contributed by atoms with van der Waals surface area (Å²) in [6.07, 6.45) is 1.33. The Morgan fingerprint density at radius 2 is 1.83 bits per heavy atom. The van der Waals surface area contributed by atoms with Gasteiger partial charge in [0.25, 0.3) is 11.8 Å². The molecule has 0 aliphatic carbocycles. The van der Waals surface area contributed by atoms with Crippen LogP contribution in [0.3, 0.4) is 0 Å². The van der Waals surface area contributed by atoms with Crippen LogP contribution in [-0.4, -0.2) is 31.1 Å². The monoisotopic (exact) mass is 476 g/mol. The molecular weight excluding hydrogens is 459 g/mol. The third kappa shape index (κ3) is 4.35. The van der Waals surface area contributed by atoms with E-state index in [-0.39, 0.29) is 11.3 Å². The van der Waals surface area contributed by atoms with Gasteiger partial charge in [0.15, 0.2) is 11.5 Å². The zero-order valence-electron chi connectivity index (χ0n) is 16.2. The minimum Gasteiger partial charge on any atom is -0.490 e. The molecule has 1 heterocycles. The van der Waals surface area contributed by atoms with Gasteiger partial charge in [-0.3, -0.25) is 14.9 Å². The van der Waals surface area contributed by atoms with Crippen molar-refractivity contribution in [2.75, 3.05) is 18.1 Å². The second-order valence-corrected chi connectivity index (χ2v) is 6.99. The Hall–Kier alpha value is -3.20. The number of urea groups is 1. The van der Waals surface area contributed by atoms with Crippen LogP contribution in [0.5, 0.6) is 11.5 Å². The maximum absolute atomic E-state index is 13.6. The van der Waals surface area contributed by atoms with Gasteiger partial charge in [-0.05, 0) is 71.7 Å². The van der Waals surface area contributed by atoms with Gasteiger partial charge in [-0.15, -0.1) is 0 Å². The van der Waals surface area contributed by atoms with E-state index in [2.05, 4.69) is 21.2 Å². The zero-order chi connectivity index (χ0) is 21.8. The van der Waals surface area contributed by atoms with E-state index in [4.69, 9.17) is 9.47 Å². The first-order valence-corrected chi connectivity index (χ1v) is 9.91. The third-order valence-corrected chi connectivity index (χ3v) is 4.69. The molecule has 1 fully saturated rings. The van der Waals surface area contributed by atoms with Gasteiger partial charge >= 0.3 is 6.03 Å². The summed E-state index contributed by atoms with van der Waals surface area (Å²) in [6, 6.07) is 7.31. The molecule has 1 saturated heterocycles. The Balaban J connectivity index is 2.04. The molecule has 0 spiro atoms. The molecular formula is C21H18BrFN2O5. The van der Waals surface area contributed by atoms with Crippen LogP contribution in [0.4, 0.5) is 14.9 Å². The second-order valence-electron chi connectivity index (χ2n) is 6.13. The summed E-state index contributed by atoms with van der Waals surface area (Å²) in [5.74, 6) is -1.40. The number of carbonyl (C=O) groups excluding carboxylic acids is 3. The highest BCUT2D eigenvalue weighted by molar-refractivity contribution is 9.10. The summed E-state index contributed by atoms with van der Waals surface area (Å²) < 4.78 is 25.3. The molecule has 0 bridgehead atoms. The predicted octanol–water partition coefficient (Wildman–Crippen LogP) is 4.05. The molecule has 2 aromatic carbocycles. The molecule has 0 atom stereocenters. The molecule has 0 saturated carbocycles. The molecule has 1 aliphatic rings. The van der Waals surface area contributed by atoms with Crippen molar-refractivity contribution >= 4 is 45.5 Å². The number of amides is 4. The molecule has 0 unspecified atom stereocenters. The first-order chi connectivity index (χ1) is 14.3. The smallest absolute Gasteiger partial charge is 0.335 e. The zero-order valence-corrected chi connectivity index (χ0v) is 17.8. The lowest BCUT2D eigenvalue weighted by Crippen LogP contribution is -2.54. The summed E-state index contributed by atoms with van der Waals surface area (Å²) >= 11 is 3.40. The van der Waals surface area contributed by atoms with Crippen LogP contribution in [-0.2, 0) is 9.59 Å². The fourth-order valence-electron chi connectivity index (χ4n) is 2.89. The maximum Gasteiger partial charge on any atom is 0.335 e. The number of nitrogens with one attached hydrogen (secondary N) is 1. The summed E-state index contributed by atoms with van der Waals surface area (Å²) in [5.41, 5.74) is 0.206. The van der Waals surface area contributed by atoms with E-state index in [1.165, 1.54) is 24.3 Å². The first-order valence-electron chi connectivity index (χ1n) is 9.11. The normalized spacial score (nSPS) is 15.4. The van der Waals surface area contributed by atoms with Gasteiger partial charge in [0, 0.05) is 0 Å². The van der Waals surface area contributed by atoms with Crippen LogP contribution in [0, 0.1) is 5.82 Å². The minimum atomic E-state index is -0.948. The van der Waals surface area contributed by atoms with Gasteiger partial charge < -0.3 is 9.47 Å². The number of halogens is 2. The Morgan fingerprint density at radius 3 is 2.50 bits per heavy atom. The van der Waals surface area contributed by atoms with E-state index < -0.39 is 23.7 Å². The fourth-order valence-corrected chi connectivity index (χ4v) is 3.47. The number of carbonyl (C=O) groups is 3. The lowest BCUT2D eigenvalue weighted by Gasteiger charge is -2.26. The molecule has 156 valence electrons. The van der Waals surface area contributed by atoms with Gasteiger partial charge in [0.1, 0.15) is 11.4 Å². The van der Waals surface area contributed by atoms with Crippen molar-refractivity contribution in [3.8, 4) is 11.5 Å². The number of hydrogen-bond donors (Lipinski definition) is 1. The van der Waals surface area contributed by atoms with Crippen molar-refractivity contribution in [1.82, 2.24) is 5.32 Å². The van der Waals surface area contributed by atoms with Crippen molar-refractivity contribution in [3.63, 3.8) is 0 Å². The second kappa shape index (κ2) is 9.08. The summed E-state index contributed by atoms with van der Waals surface area (Å²) in [5, 5.41) is 2.10. The van der Waals surface area contributed by atoms with Gasteiger partial charge in [-0.1, -0.05) is 6.07 Å². The van der Waals surface area contributed by atoms with Crippen LogP contribution in [0.25, 0.3) is 6.08 Å². The molecule has 30 heavy (non-hydrogen) atoms. The molecule has 3 rings (SSSR count). The van der Waals surface area contributed by atoms with Crippen LogP contribution in [0.15, 0.2) is 46.4 Å². The largest absolute Gasteiger partial charge is 0.490 e. The third-order valence-electron chi connectivity index (χ3n) is 4.10. The van der Waals surface area contributed by atoms with Gasteiger partial charge in [-0.2, -0.15) is 0 Å². The Labute approximate surface area is 180 Å². The van der Waals surface area contributed by atoms with Crippen LogP contribution in [0.2, 0.25) is 0 Å². The average Bonchev–Trinajstić information content (AvgIpc) is 2.68. The molecule has 9 heteroatoms. The number of anilines is 1. The standard InChI is InChI=1S/C21H18BrFN2O5/c1-3-29-17-10-12(9-16(22)18(17)30-4-2)8-15-19(26)24-21(28)25(20(15)27)14-7-5-6-13(23)11-14/h5-11H,3-4H2,1-2H3,(H,24,26,28)/b15-8+. The lowest BCUT2D eigenvalue weighted by atomic mass is 10.1. The minimum absolute atomic E-state index is 0.0128. The van der Waals surface area contributed by atoms with Crippen molar-refractivity contribution in [2.45, 2.75) is 13.8 Å². The van der Waals surface area contributed by atoms with Crippen molar-refractivity contribution < 1.29 is 28.2 Å². The summed E-state index contributed by atoms with van der Waals surface area (Å²) in [7, 11) is 0. The number of imide groups is 2. The van der Waals surface area contributed by atoms with E-state index in [1.54, 1.807) is 12.1 Å². The number of nitrogens with zero attached hydrogens (tertiary/aromatic N) is 1. The Bertz CT molecular complexity index is 1050. The van der Waals surface area contributed by atoms with Crippen molar-refractivity contribution in [1.29, 1.82) is 0 Å². The van der Waals surface area contributed by atoms with Crippen LogP contribution in [0.1, 0.15) is 19.4 Å². The quantitative estimate of drug-likeness (QED) is 0.502. The molecule has 7 nitrogen and oxygen atoms in total. The number of benzene rings is 2. The van der Waals surface area contributed by atoms with Crippen LogP contribution < -0.4 is 19.7 Å². The molecule has 1 aliphatic heterocycles. The molecule has 1 N–H and O–H groups in total. The van der Waals surface area contributed by atoms with Gasteiger partial charge in [0.05, 0.1) is 23.4 Å². The summed E-state index contributed by atoms with van der Waals surface area (Å²) in [4.78, 5) is 38.2. The lowest BCUT2D eigenvalue weighted by molar-refractivity contribution is -0.122. The Morgan fingerprint density at radius 1 is 1.10 bits per heavy atom. The van der Waals surface area contributed by atoms with Gasteiger partial charge in [-0.25, -0.2) is 14.1 Å². The number of barbiturate groups is 1. The topological polar surface area (TPSA) is 84.9 Å². The number of rotatable bonds is 6. The first kappa shape index (κ1) is 21.5. The van der Waals surface area contributed by atoms with E-state index in [0.717, 1.165) is 6.07 Å². The molecule has 0 radical (unpaired) electrons. The van der Waals surface area contributed by atoms with Crippen molar-refractivity contribution in [2.24, 2.45) is 0 Å². The van der Waals surface area contributed by atoms with E-state index in [0.29, 0.717) is 39.6 Å². The van der Waals surface area contributed by atoms with Crippen LogP contribution >= 0.6 is 15.9 Å². The van der Waals surface area contributed by atoms with E-state index in [1.807, 2.05) is 13.8 Å². The van der Waals surface area contributed by atoms with Gasteiger partial charge in [0.2, 0.25) is 0 Å². The molecule has 2 aromatic rings. The highest BCUT2D eigenvalue weighted by Crippen LogP contribution is 2.37. The Kier molecular flexibility index (Phi) is 6.51. The van der Waals surface area contributed by atoms with E-state index >= 15 is 0 Å². The predicted molar refractivity (Wildman–Crippen MR) is 112 cm³/mol. The maximum atomic E-state index is 13.6. The number of hydrogen-bond acceptors (Lipinski definition) is 5. The fraction of sp³-hybridized carbons (Fsp3) is 0.190. The highest BCUT2D eigenvalue weighted by Gasteiger charge is 2.37. The van der Waals surface area contributed by atoms with E-state index in [9.17, 15) is 18.8 Å². The molecule has 4 amide bonds. The highest BCUT2D eigenvalue weighted by atomic mass is 79.9. The SMILES string of the molecule is CCOc1cc(/C=C2\C(=O)NC(=O)N(c3cccc(F)c3)C2=O)cc(Br)c1OCC. The molecule has 0 aromatic heterocycles. The van der Waals surface area contributed by atoms with Crippen molar-refractivity contribution in [3.05, 3.63) is 57.8 Å². The average molecular weight is 477 g/mol. The number of ether oxygens (including phenoxy) is 2.